The Morgan fingerprint density at radius 3 is 1.60 bits per heavy atom. The number of hydrogen-bond acceptors (Lipinski definition) is 8. The van der Waals surface area contributed by atoms with Crippen molar-refractivity contribution in [3.8, 4) is 11.5 Å². The Morgan fingerprint density at radius 2 is 1.20 bits per heavy atom. The van der Waals surface area contributed by atoms with Crippen LogP contribution in [0.2, 0.25) is 0 Å². The van der Waals surface area contributed by atoms with Crippen molar-refractivity contribution in [2.24, 2.45) is 10.8 Å². The van der Waals surface area contributed by atoms with Crippen LogP contribution in [-0.2, 0) is 19.6 Å². The molecule has 0 bridgehead atoms. The number of aromatic hydroxyl groups is 1. The summed E-state index contributed by atoms with van der Waals surface area (Å²) in [6.07, 6.45) is 6.80. The van der Waals surface area contributed by atoms with Gasteiger partial charge >= 0.3 is 27.6 Å². The average molecular weight is 661 g/mol. The Kier molecular flexibility index (Phi) is 10.1. The number of rotatable bonds is 6. The number of hydrogen-bond donors (Lipinski definition) is 1. The molecule has 0 fully saturated rings. The van der Waals surface area contributed by atoms with Crippen molar-refractivity contribution < 1.29 is 58.7 Å². The molecular formula is C31H33F5O8S. The van der Waals surface area contributed by atoms with E-state index in [9.17, 15) is 45.1 Å². The fourth-order valence-electron chi connectivity index (χ4n) is 5.24. The number of carbonyl (C=O) groups is 2. The highest BCUT2D eigenvalue weighted by atomic mass is 32.2. The molecule has 2 aromatic rings. The zero-order chi connectivity index (χ0) is 34.1. The summed E-state index contributed by atoms with van der Waals surface area (Å²) in [5, 5.41) is 9.93. The van der Waals surface area contributed by atoms with Gasteiger partial charge in [-0.1, -0.05) is 39.8 Å². The molecule has 45 heavy (non-hydrogen) atoms. The van der Waals surface area contributed by atoms with Gasteiger partial charge in [-0.05, 0) is 59.8 Å². The van der Waals surface area contributed by atoms with E-state index in [2.05, 4.69) is 27.5 Å². The maximum absolute atomic E-state index is 14.1. The Labute approximate surface area is 257 Å². The summed E-state index contributed by atoms with van der Waals surface area (Å²) in [6.45, 7) is 7.70. The van der Waals surface area contributed by atoms with Gasteiger partial charge in [-0.25, -0.2) is 18.4 Å². The summed E-state index contributed by atoms with van der Waals surface area (Å²) < 4.78 is 102. The first-order chi connectivity index (χ1) is 20.7. The summed E-state index contributed by atoms with van der Waals surface area (Å²) in [5.41, 5.74) is -5.21. The van der Waals surface area contributed by atoms with Gasteiger partial charge in [0.1, 0.15) is 17.4 Å². The number of phenols is 1. The molecule has 0 amide bonds. The fourth-order valence-corrected chi connectivity index (χ4v) is 5.71. The monoisotopic (exact) mass is 660 g/mol. The number of benzene rings is 2. The molecular weight excluding hydrogens is 627 g/mol. The molecule has 246 valence electrons. The molecule has 0 radical (unpaired) electrons. The molecule has 0 saturated heterocycles. The molecule has 2 aromatic carbocycles. The summed E-state index contributed by atoms with van der Waals surface area (Å²) in [5.74, 6) is -4.81. The number of esters is 2. The van der Waals surface area contributed by atoms with E-state index >= 15 is 0 Å². The number of alkyl halides is 3. The Bertz CT molecular complexity index is 1670. The van der Waals surface area contributed by atoms with Gasteiger partial charge in [-0.2, -0.15) is 21.6 Å². The highest BCUT2D eigenvalue weighted by Gasteiger charge is 2.49. The Morgan fingerprint density at radius 1 is 0.778 bits per heavy atom. The molecule has 0 saturated carbocycles. The van der Waals surface area contributed by atoms with Crippen molar-refractivity contribution in [3.05, 3.63) is 70.3 Å². The molecule has 8 nitrogen and oxygen atoms in total. The number of phenolic OH excluding ortho intramolecular Hbond substituents is 1. The predicted molar refractivity (Wildman–Crippen MR) is 155 cm³/mol. The molecule has 1 N–H and O–H groups in total. The van der Waals surface area contributed by atoms with Gasteiger partial charge in [0, 0.05) is 23.3 Å². The fraction of sp³-hybridized carbons (Fsp3) is 0.419. The van der Waals surface area contributed by atoms with Gasteiger partial charge in [0.05, 0.1) is 25.3 Å². The first kappa shape index (κ1) is 35.5. The SMILES string of the molecule is COC(=O)c1cc(C2=CCCC2(C)C)c(O)cc1F.COC(=O)c1cc(C2=CCCC2(C)C)c(OS(=O)(=O)C(F)(F)F)cc1F. The van der Waals surface area contributed by atoms with Crippen molar-refractivity contribution in [2.75, 3.05) is 14.2 Å². The molecule has 0 unspecified atom stereocenters. The maximum atomic E-state index is 14.1. The molecule has 0 heterocycles. The largest absolute Gasteiger partial charge is 0.534 e. The smallest absolute Gasteiger partial charge is 0.507 e. The van der Waals surface area contributed by atoms with Gasteiger partial charge in [-0.15, -0.1) is 0 Å². The molecule has 2 aliphatic carbocycles. The van der Waals surface area contributed by atoms with Crippen LogP contribution in [-0.4, -0.2) is 45.2 Å². The van der Waals surface area contributed by atoms with E-state index in [1.807, 2.05) is 6.08 Å². The number of allylic oxidation sites excluding steroid dienone is 4. The standard InChI is InChI=1S/C16H16F4O5S.C15H17FO3/c1-15(2)6-4-5-11(15)9-7-10(14(21)24-3)12(17)8-13(9)25-26(22,23)16(18,19)20;1-15(2)6-4-5-11(15)9-7-10(14(18)19-3)12(16)8-13(9)17/h5,7-8H,4,6H2,1-3H3;5,7-8,17H,4,6H2,1-3H3. The topological polar surface area (TPSA) is 116 Å². The van der Waals surface area contributed by atoms with Gasteiger partial charge in [0.2, 0.25) is 0 Å². The number of ether oxygens (including phenoxy) is 2. The summed E-state index contributed by atoms with van der Waals surface area (Å²) in [4.78, 5) is 23.2. The van der Waals surface area contributed by atoms with Crippen LogP contribution in [0.3, 0.4) is 0 Å². The molecule has 0 spiro atoms. The van der Waals surface area contributed by atoms with E-state index in [0.29, 0.717) is 30.0 Å². The number of halogens is 5. The van der Waals surface area contributed by atoms with Gasteiger partial charge < -0.3 is 18.8 Å². The lowest BCUT2D eigenvalue weighted by molar-refractivity contribution is -0.0500. The van der Waals surface area contributed by atoms with Crippen molar-refractivity contribution in [1.29, 1.82) is 0 Å². The minimum absolute atomic E-state index is 0.0945. The first-order valence-electron chi connectivity index (χ1n) is 13.6. The van der Waals surface area contributed by atoms with E-state index in [1.165, 1.54) is 13.2 Å². The van der Waals surface area contributed by atoms with Crippen LogP contribution in [0.1, 0.15) is 85.2 Å². The van der Waals surface area contributed by atoms with Gasteiger partial charge in [-0.3, -0.25) is 0 Å². The molecule has 2 aliphatic rings. The third-order valence-electron chi connectivity index (χ3n) is 7.72. The molecule has 14 heteroatoms. The van der Waals surface area contributed by atoms with Crippen LogP contribution in [0.4, 0.5) is 22.0 Å². The molecule has 0 aliphatic heterocycles. The first-order valence-corrected chi connectivity index (χ1v) is 15.0. The minimum Gasteiger partial charge on any atom is -0.507 e. The lowest BCUT2D eigenvalue weighted by Gasteiger charge is -2.25. The van der Waals surface area contributed by atoms with E-state index in [1.54, 1.807) is 19.9 Å². The second-order valence-corrected chi connectivity index (χ2v) is 13.3. The lowest BCUT2D eigenvalue weighted by atomic mass is 9.81. The highest BCUT2D eigenvalue weighted by molar-refractivity contribution is 7.88. The lowest BCUT2D eigenvalue weighted by Crippen LogP contribution is -2.28. The maximum Gasteiger partial charge on any atom is 0.534 e. The second kappa shape index (κ2) is 12.8. The van der Waals surface area contributed by atoms with Crippen molar-refractivity contribution in [3.63, 3.8) is 0 Å². The normalized spacial score (nSPS) is 17.0. The quantitative estimate of drug-likeness (QED) is 0.146. The Balaban J connectivity index is 0.000000257. The van der Waals surface area contributed by atoms with E-state index < -0.39 is 55.9 Å². The number of methoxy groups -OCH3 is 2. The predicted octanol–water partition coefficient (Wildman–Crippen LogP) is 7.57. The van der Waals surface area contributed by atoms with Gasteiger partial charge in [0.25, 0.3) is 0 Å². The molecule has 0 aromatic heterocycles. The van der Waals surface area contributed by atoms with Crippen LogP contribution >= 0.6 is 0 Å². The van der Waals surface area contributed by atoms with Crippen LogP contribution in [0.25, 0.3) is 11.1 Å². The molecule has 4 rings (SSSR count). The van der Waals surface area contributed by atoms with E-state index in [4.69, 9.17) is 0 Å². The summed E-state index contributed by atoms with van der Waals surface area (Å²) in [7, 11) is -3.79. The van der Waals surface area contributed by atoms with Crippen molar-refractivity contribution in [2.45, 2.75) is 58.9 Å². The zero-order valence-corrected chi connectivity index (χ0v) is 26.2. The van der Waals surface area contributed by atoms with Crippen molar-refractivity contribution in [1.82, 2.24) is 0 Å². The zero-order valence-electron chi connectivity index (χ0n) is 25.4. The van der Waals surface area contributed by atoms with Crippen LogP contribution in [0.5, 0.6) is 11.5 Å². The summed E-state index contributed by atoms with van der Waals surface area (Å²) >= 11 is 0. The third-order valence-corrected chi connectivity index (χ3v) is 8.69. The van der Waals surface area contributed by atoms with Crippen molar-refractivity contribution >= 4 is 33.2 Å². The highest BCUT2D eigenvalue weighted by Crippen LogP contribution is 2.48. The van der Waals surface area contributed by atoms with E-state index in [-0.39, 0.29) is 22.3 Å². The second-order valence-electron chi connectivity index (χ2n) is 11.7. The minimum atomic E-state index is -6.01. The number of carbonyl (C=O) groups excluding carboxylic acids is 2. The molecule has 0 atom stereocenters. The van der Waals surface area contributed by atoms with Crippen LogP contribution in [0, 0.1) is 22.5 Å². The van der Waals surface area contributed by atoms with Crippen LogP contribution < -0.4 is 4.18 Å². The average Bonchev–Trinajstić information content (AvgIpc) is 3.47. The van der Waals surface area contributed by atoms with Crippen LogP contribution in [0.15, 0.2) is 36.4 Å². The summed E-state index contributed by atoms with van der Waals surface area (Å²) in [6, 6.07) is 3.73. The van der Waals surface area contributed by atoms with E-state index in [0.717, 1.165) is 37.7 Å². The van der Waals surface area contributed by atoms with Gasteiger partial charge in [0.15, 0.2) is 5.75 Å². The Hall–Kier alpha value is -3.94. The third kappa shape index (κ3) is 7.48.